The highest BCUT2D eigenvalue weighted by atomic mass is 28.4. The van der Waals surface area contributed by atoms with E-state index in [0.717, 1.165) is 0 Å². The second-order valence-corrected chi connectivity index (χ2v) is 11.6. The third-order valence-electron chi connectivity index (χ3n) is 4.32. The van der Waals surface area contributed by atoms with Crippen LogP contribution in [0.5, 0.6) is 0 Å². The van der Waals surface area contributed by atoms with E-state index in [-0.39, 0.29) is 11.6 Å². The molecule has 0 aliphatic carbocycles. The molecule has 7 heteroatoms. The Labute approximate surface area is 121 Å². The van der Waals surface area contributed by atoms with Crippen molar-refractivity contribution in [2.75, 3.05) is 13.7 Å². The van der Waals surface area contributed by atoms with Crippen LogP contribution in [0.15, 0.2) is 0 Å². The van der Waals surface area contributed by atoms with E-state index in [0.29, 0.717) is 0 Å². The van der Waals surface area contributed by atoms with Gasteiger partial charge in [-0.3, -0.25) is 0 Å². The summed E-state index contributed by atoms with van der Waals surface area (Å²) in [5.41, 5.74) is 0. The van der Waals surface area contributed by atoms with Gasteiger partial charge in [0.1, 0.15) is 24.4 Å². The number of methoxy groups -OCH3 is 1. The standard InChI is InChI=1S/C13H28O6Si/c1-13(2,3)20(5,6)18-7-8-9(14)10(15)11(16)12(17-4)19-8/h8-12,14-16H,7H2,1-6H3/t8-,9-,10+,11+,12+/m0/s1. The van der Waals surface area contributed by atoms with E-state index >= 15 is 0 Å². The van der Waals surface area contributed by atoms with Crippen molar-refractivity contribution >= 4 is 8.32 Å². The highest BCUT2D eigenvalue weighted by molar-refractivity contribution is 6.74. The molecular formula is C13H28O6Si. The highest BCUT2D eigenvalue weighted by Crippen LogP contribution is 2.37. The smallest absolute Gasteiger partial charge is 0.192 e. The second kappa shape index (κ2) is 6.39. The van der Waals surface area contributed by atoms with Gasteiger partial charge in [-0.05, 0) is 18.1 Å². The summed E-state index contributed by atoms with van der Waals surface area (Å²) in [5.74, 6) is 0. The fourth-order valence-electron chi connectivity index (χ4n) is 1.76. The molecular weight excluding hydrogens is 280 g/mol. The van der Waals surface area contributed by atoms with Crippen LogP contribution in [0.1, 0.15) is 20.8 Å². The average molecular weight is 308 g/mol. The number of rotatable bonds is 4. The molecule has 0 bridgehead atoms. The molecule has 0 aromatic rings. The van der Waals surface area contributed by atoms with Crippen LogP contribution in [0.25, 0.3) is 0 Å². The van der Waals surface area contributed by atoms with Crippen LogP contribution in [0.3, 0.4) is 0 Å². The Hall–Kier alpha value is -0.0231. The zero-order chi connectivity index (χ0) is 15.7. The van der Waals surface area contributed by atoms with Gasteiger partial charge in [0, 0.05) is 7.11 Å². The van der Waals surface area contributed by atoms with Crippen LogP contribution in [-0.4, -0.2) is 68.1 Å². The maximum absolute atomic E-state index is 9.97. The van der Waals surface area contributed by atoms with Crippen molar-refractivity contribution in [3.8, 4) is 0 Å². The molecule has 0 radical (unpaired) electrons. The van der Waals surface area contributed by atoms with Gasteiger partial charge in [-0.1, -0.05) is 20.8 Å². The zero-order valence-electron chi connectivity index (χ0n) is 13.2. The number of aliphatic hydroxyl groups excluding tert-OH is 3. The Morgan fingerprint density at radius 1 is 1.05 bits per heavy atom. The molecule has 5 atom stereocenters. The van der Waals surface area contributed by atoms with Crippen molar-refractivity contribution in [2.24, 2.45) is 0 Å². The summed E-state index contributed by atoms with van der Waals surface area (Å²) >= 11 is 0. The van der Waals surface area contributed by atoms with E-state index in [1.807, 2.05) is 0 Å². The van der Waals surface area contributed by atoms with E-state index < -0.39 is 39.0 Å². The molecule has 0 aromatic heterocycles. The van der Waals surface area contributed by atoms with Crippen molar-refractivity contribution in [3.05, 3.63) is 0 Å². The van der Waals surface area contributed by atoms with Gasteiger partial charge in [0.05, 0.1) is 6.61 Å². The molecule has 1 fully saturated rings. The van der Waals surface area contributed by atoms with Crippen molar-refractivity contribution in [2.45, 2.75) is 69.6 Å². The summed E-state index contributed by atoms with van der Waals surface area (Å²) in [7, 11) is -0.587. The molecule has 1 aliphatic heterocycles. The topological polar surface area (TPSA) is 88.4 Å². The van der Waals surface area contributed by atoms with Crippen LogP contribution in [0, 0.1) is 0 Å². The normalized spacial score (nSPS) is 36.1. The number of aliphatic hydroxyl groups is 3. The van der Waals surface area contributed by atoms with Crippen LogP contribution in [0.4, 0.5) is 0 Å². The summed E-state index contributed by atoms with van der Waals surface area (Å²) in [6.07, 6.45) is -5.43. The largest absolute Gasteiger partial charge is 0.414 e. The molecule has 1 aliphatic rings. The molecule has 1 rings (SSSR count). The number of hydrogen-bond acceptors (Lipinski definition) is 6. The van der Waals surface area contributed by atoms with E-state index in [4.69, 9.17) is 13.9 Å². The minimum atomic E-state index is -1.97. The van der Waals surface area contributed by atoms with E-state index in [2.05, 4.69) is 33.9 Å². The summed E-state index contributed by atoms with van der Waals surface area (Å²) in [6.45, 7) is 10.7. The zero-order valence-corrected chi connectivity index (χ0v) is 14.2. The first kappa shape index (κ1) is 18.0. The molecule has 0 spiro atoms. The molecule has 3 N–H and O–H groups in total. The van der Waals surface area contributed by atoms with Gasteiger partial charge in [-0.15, -0.1) is 0 Å². The second-order valence-electron chi connectivity index (χ2n) is 6.82. The molecule has 0 saturated carbocycles. The van der Waals surface area contributed by atoms with Crippen molar-refractivity contribution < 1.29 is 29.2 Å². The Morgan fingerprint density at radius 3 is 2.05 bits per heavy atom. The molecule has 0 unspecified atom stereocenters. The summed E-state index contributed by atoms with van der Waals surface area (Å²) in [5, 5.41) is 29.5. The van der Waals surface area contributed by atoms with Crippen LogP contribution in [0.2, 0.25) is 18.1 Å². The SMILES string of the molecule is CO[C@@H]1O[C@@H](CO[Si](C)(C)C(C)(C)C)[C@H](O)[C@@H](O)[C@H]1O. The lowest BCUT2D eigenvalue weighted by Crippen LogP contribution is -2.60. The fourth-order valence-corrected chi connectivity index (χ4v) is 2.77. The van der Waals surface area contributed by atoms with Crippen LogP contribution in [-0.2, 0) is 13.9 Å². The predicted octanol–water partition coefficient (Wildman–Crippen LogP) is 0.462. The lowest BCUT2D eigenvalue weighted by atomic mass is 9.99. The average Bonchev–Trinajstić information content (AvgIpc) is 2.34. The van der Waals surface area contributed by atoms with Crippen LogP contribution < -0.4 is 0 Å². The molecule has 1 heterocycles. The van der Waals surface area contributed by atoms with Crippen LogP contribution >= 0.6 is 0 Å². The van der Waals surface area contributed by atoms with Crippen molar-refractivity contribution in [1.82, 2.24) is 0 Å². The first-order chi connectivity index (χ1) is 9.01. The van der Waals surface area contributed by atoms with Gasteiger partial charge in [0.15, 0.2) is 14.6 Å². The maximum atomic E-state index is 9.97. The quantitative estimate of drug-likeness (QED) is 0.654. The molecule has 0 aromatic carbocycles. The monoisotopic (exact) mass is 308 g/mol. The minimum Gasteiger partial charge on any atom is -0.414 e. The molecule has 6 nitrogen and oxygen atoms in total. The summed E-state index contributed by atoms with van der Waals surface area (Å²) < 4.78 is 16.4. The maximum Gasteiger partial charge on any atom is 0.192 e. The fraction of sp³-hybridized carbons (Fsp3) is 1.00. The minimum absolute atomic E-state index is 0.0470. The van der Waals surface area contributed by atoms with E-state index in [9.17, 15) is 15.3 Å². The summed E-state index contributed by atoms with van der Waals surface area (Å²) in [4.78, 5) is 0. The lowest BCUT2D eigenvalue weighted by Gasteiger charge is -2.42. The molecule has 120 valence electrons. The number of hydrogen-bond donors (Lipinski definition) is 3. The third-order valence-corrected chi connectivity index (χ3v) is 8.82. The summed E-state index contributed by atoms with van der Waals surface area (Å²) in [6, 6.07) is 0. The lowest BCUT2D eigenvalue weighted by molar-refractivity contribution is -0.293. The third kappa shape index (κ3) is 3.79. The van der Waals surface area contributed by atoms with Crippen molar-refractivity contribution in [3.63, 3.8) is 0 Å². The number of ether oxygens (including phenoxy) is 2. The Bertz CT molecular complexity index is 314. The predicted molar refractivity (Wildman–Crippen MR) is 76.8 cm³/mol. The molecule has 1 saturated heterocycles. The Balaban J connectivity index is 2.68. The van der Waals surface area contributed by atoms with Gasteiger partial charge in [-0.2, -0.15) is 0 Å². The van der Waals surface area contributed by atoms with Gasteiger partial charge in [0.25, 0.3) is 0 Å². The molecule has 20 heavy (non-hydrogen) atoms. The highest BCUT2D eigenvalue weighted by Gasteiger charge is 2.45. The van der Waals surface area contributed by atoms with E-state index in [1.54, 1.807) is 0 Å². The van der Waals surface area contributed by atoms with Gasteiger partial charge in [0.2, 0.25) is 0 Å². The van der Waals surface area contributed by atoms with Gasteiger partial charge < -0.3 is 29.2 Å². The van der Waals surface area contributed by atoms with Gasteiger partial charge >= 0.3 is 0 Å². The van der Waals surface area contributed by atoms with Gasteiger partial charge in [-0.25, -0.2) is 0 Å². The Morgan fingerprint density at radius 2 is 1.60 bits per heavy atom. The van der Waals surface area contributed by atoms with E-state index in [1.165, 1.54) is 7.11 Å². The van der Waals surface area contributed by atoms with Crippen molar-refractivity contribution in [1.29, 1.82) is 0 Å². The first-order valence-electron chi connectivity index (χ1n) is 6.87. The Kier molecular flexibility index (Phi) is 5.76. The first-order valence-corrected chi connectivity index (χ1v) is 9.78. The molecule has 0 amide bonds.